The molecule has 6 nitrogen and oxygen atoms in total. The molecule has 0 saturated heterocycles. The van der Waals surface area contributed by atoms with Crippen LogP contribution < -0.4 is 15.8 Å². The van der Waals surface area contributed by atoms with Crippen molar-refractivity contribution >= 4 is 29.2 Å². The summed E-state index contributed by atoms with van der Waals surface area (Å²) in [6.45, 7) is 7.11. The number of carbonyl (C=O) groups excluding carboxylic acids is 1. The summed E-state index contributed by atoms with van der Waals surface area (Å²) in [5.41, 5.74) is 6.75. The molecule has 0 saturated carbocycles. The van der Waals surface area contributed by atoms with Crippen LogP contribution in [0.1, 0.15) is 44.9 Å². The highest BCUT2D eigenvalue weighted by Gasteiger charge is 2.25. The SMILES string of the molecule is CC1Oc2ccc(C(Cc3c(F)cccc3Cl)NC(=O)OC(C)(C)C)cc2N=C1N. The fraction of sp³-hybridized carbons (Fsp3) is 0.364. The molecule has 30 heavy (non-hydrogen) atoms. The normalized spacial score (nSPS) is 16.7. The molecule has 0 aliphatic carbocycles. The van der Waals surface area contributed by atoms with Gasteiger partial charge in [0.05, 0.1) is 6.04 Å². The van der Waals surface area contributed by atoms with Gasteiger partial charge in [0.15, 0.2) is 6.10 Å². The number of nitrogens with zero attached hydrogens (tertiary/aromatic N) is 1. The highest BCUT2D eigenvalue weighted by molar-refractivity contribution is 6.31. The Morgan fingerprint density at radius 1 is 1.37 bits per heavy atom. The number of alkyl carbamates (subject to hydrolysis) is 1. The van der Waals surface area contributed by atoms with E-state index in [0.717, 1.165) is 0 Å². The van der Waals surface area contributed by atoms with Gasteiger partial charge in [0.2, 0.25) is 0 Å². The van der Waals surface area contributed by atoms with Gasteiger partial charge in [-0.3, -0.25) is 0 Å². The number of amidine groups is 1. The number of carbonyl (C=O) groups is 1. The third kappa shape index (κ3) is 5.21. The van der Waals surface area contributed by atoms with E-state index in [1.807, 2.05) is 6.92 Å². The average molecular weight is 434 g/mol. The second kappa shape index (κ2) is 8.52. The Kier molecular flexibility index (Phi) is 6.22. The molecule has 0 bridgehead atoms. The quantitative estimate of drug-likeness (QED) is 0.705. The van der Waals surface area contributed by atoms with Crippen molar-refractivity contribution in [2.45, 2.75) is 51.9 Å². The summed E-state index contributed by atoms with van der Waals surface area (Å²) in [4.78, 5) is 16.8. The molecular weight excluding hydrogens is 409 g/mol. The second-order valence-electron chi connectivity index (χ2n) is 8.13. The molecule has 1 aliphatic rings. The lowest BCUT2D eigenvalue weighted by molar-refractivity contribution is 0.0503. The summed E-state index contributed by atoms with van der Waals surface area (Å²) in [7, 11) is 0. The van der Waals surface area contributed by atoms with Gasteiger partial charge in [-0.1, -0.05) is 23.7 Å². The number of nitrogens with one attached hydrogen (secondary N) is 1. The average Bonchev–Trinajstić information content (AvgIpc) is 2.63. The lowest BCUT2D eigenvalue weighted by Gasteiger charge is -2.26. The van der Waals surface area contributed by atoms with E-state index in [4.69, 9.17) is 26.8 Å². The van der Waals surface area contributed by atoms with E-state index in [1.165, 1.54) is 12.1 Å². The van der Waals surface area contributed by atoms with Crippen LogP contribution in [0.3, 0.4) is 0 Å². The van der Waals surface area contributed by atoms with Gasteiger partial charge in [-0.25, -0.2) is 14.2 Å². The molecule has 0 radical (unpaired) electrons. The van der Waals surface area contributed by atoms with Crippen LogP contribution in [-0.2, 0) is 11.2 Å². The summed E-state index contributed by atoms with van der Waals surface area (Å²) in [6, 6.07) is 9.16. The minimum atomic E-state index is -0.678. The monoisotopic (exact) mass is 433 g/mol. The number of amides is 1. The standard InChI is InChI=1S/C22H25ClFN3O3/c1-12-20(25)26-18-10-13(8-9-19(18)29-12)17(27-21(28)30-22(2,3)4)11-14-15(23)6-5-7-16(14)24/h5-10,12,17H,11H2,1-4H3,(H2,25,26)(H,27,28). The van der Waals surface area contributed by atoms with Crippen molar-refractivity contribution in [2.75, 3.05) is 0 Å². The van der Waals surface area contributed by atoms with E-state index in [9.17, 15) is 9.18 Å². The van der Waals surface area contributed by atoms with Gasteiger partial charge in [0.25, 0.3) is 0 Å². The van der Waals surface area contributed by atoms with Crippen LogP contribution >= 0.6 is 11.6 Å². The predicted molar refractivity (Wildman–Crippen MR) is 115 cm³/mol. The molecular formula is C22H25ClFN3O3. The Morgan fingerprint density at radius 3 is 2.77 bits per heavy atom. The van der Waals surface area contributed by atoms with Crippen LogP contribution in [0.5, 0.6) is 5.75 Å². The molecule has 0 spiro atoms. The molecule has 2 aromatic rings. The lowest BCUT2D eigenvalue weighted by atomic mass is 9.97. The molecule has 3 rings (SSSR count). The predicted octanol–water partition coefficient (Wildman–Crippen LogP) is 5.06. The molecule has 8 heteroatoms. The van der Waals surface area contributed by atoms with Gasteiger partial charge in [-0.2, -0.15) is 0 Å². The van der Waals surface area contributed by atoms with Gasteiger partial charge in [0, 0.05) is 17.0 Å². The van der Waals surface area contributed by atoms with E-state index in [-0.39, 0.29) is 17.5 Å². The minimum Gasteiger partial charge on any atom is -0.481 e. The first kappa shape index (κ1) is 21.9. The summed E-state index contributed by atoms with van der Waals surface area (Å²) in [5, 5.41) is 3.09. The van der Waals surface area contributed by atoms with Crippen LogP contribution in [0.2, 0.25) is 5.02 Å². The molecule has 1 aliphatic heterocycles. The third-order valence-corrected chi connectivity index (χ3v) is 4.87. The van der Waals surface area contributed by atoms with E-state index < -0.39 is 23.6 Å². The molecule has 1 amide bonds. The maximum Gasteiger partial charge on any atom is 0.408 e. The van der Waals surface area contributed by atoms with Gasteiger partial charge in [-0.05, 0) is 57.5 Å². The number of rotatable bonds is 4. The molecule has 1 heterocycles. The van der Waals surface area contributed by atoms with Crippen molar-refractivity contribution in [2.24, 2.45) is 10.7 Å². The van der Waals surface area contributed by atoms with Crippen molar-refractivity contribution < 1.29 is 18.7 Å². The van der Waals surface area contributed by atoms with Crippen molar-refractivity contribution in [3.63, 3.8) is 0 Å². The maximum atomic E-state index is 14.4. The van der Waals surface area contributed by atoms with E-state index in [2.05, 4.69) is 10.3 Å². The topological polar surface area (TPSA) is 85.9 Å². The highest BCUT2D eigenvalue weighted by atomic mass is 35.5. The van der Waals surface area contributed by atoms with Gasteiger partial charge in [-0.15, -0.1) is 0 Å². The fourth-order valence-electron chi connectivity index (χ4n) is 3.05. The Labute approximate surface area is 180 Å². The first-order valence-electron chi connectivity index (χ1n) is 9.60. The smallest absolute Gasteiger partial charge is 0.408 e. The summed E-state index contributed by atoms with van der Waals surface area (Å²) in [5.74, 6) is 0.490. The zero-order valence-corrected chi connectivity index (χ0v) is 18.1. The largest absolute Gasteiger partial charge is 0.481 e. The fourth-order valence-corrected chi connectivity index (χ4v) is 3.29. The number of aliphatic imine (C=N–C) groups is 1. The van der Waals surface area contributed by atoms with Gasteiger partial charge in [0.1, 0.15) is 28.7 Å². The number of ether oxygens (including phenoxy) is 2. The Hall–Kier alpha value is -2.80. The maximum absolute atomic E-state index is 14.4. The van der Waals surface area contributed by atoms with Crippen LogP contribution in [0.4, 0.5) is 14.9 Å². The van der Waals surface area contributed by atoms with Crippen LogP contribution in [0.15, 0.2) is 41.4 Å². The van der Waals surface area contributed by atoms with Crippen LogP contribution in [-0.4, -0.2) is 23.6 Å². The number of nitrogens with two attached hydrogens (primary N) is 1. The van der Waals surface area contributed by atoms with E-state index >= 15 is 0 Å². The first-order chi connectivity index (χ1) is 14.0. The highest BCUT2D eigenvalue weighted by Crippen LogP contribution is 2.36. The zero-order chi connectivity index (χ0) is 22.1. The molecule has 2 atom stereocenters. The lowest BCUT2D eigenvalue weighted by Crippen LogP contribution is -2.36. The van der Waals surface area contributed by atoms with Crippen LogP contribution in [0, 0.1) is 5.82 Å². The second-order valence-corrected chi connectivity index (χ2v) is 8.53. The number of hydrogen-bond donors (Lipinski definition) is 2. The summed E-state index contributed by atoms with van der Waals surface area (Å²) < 4.78 is 25.5. The molecule has 3 N–H and O–H groups in total. The number of halogens is 2. The van der Waals surface area contributed by atoms with Crippen molar-refractivity contribution in [3.05, 3.63) is 58.4 Å². The molecule has 2 aromatic carbocycles. The zero-order valence-electron chi connectivity index (χ0n) is 17.3. The summed E-state index contributed by atoms with van der Waals surface area (Å²) >= 11 is 6.21. The number of fused-ring (bicyclic) bond motifs is 1. The van der Waals surface area contributed by atoms with Gasteiger partial charge < -0.3 is 20.5 Å². The molecule has 0 fully saturated rings. The molecule has 0 aromatic heterocycles. The Bertz CT molecular complexity index is 968. The van der Waals surface area contributed by atoms with Crippen molar-refractivity contribution in [1.29, 1.82) is 0 Å². The third-order valence-electron chi connectivity index (χ3n) is 4.52. The first-order valence-corrected chi connectivity index (χ1v) is 9.98. The number of benzene rings is 2. The van der Waals surface area contributed by atoms with Crippen molar-refractivity contribution in [3.8, 4) is 5.75 Å². The van der Waals surface area contributed by atoms with E-state index in [1.54, 1.807) is 45.0 Å². The molecule has 2 unspecified atom stereocenters. The Morgan fingerprint density at radius 2 is 2.10 bits per heavy atom. The van der Waals surface area contributed by atoms with Gasteiger partial charge >= 0.3 is 6.09 Å². The summed E-state index contributed by atoms with van der Waals surface area (Å²) in [6.07, 6.45) is -0.818. The Balaban J connectivity index is 1.96. The van der Waals surface area contributed by atoms with Crippen LogP contribution in [0.25, 0.3) is 0 Å². The van der Waals surface area contributed by atoms with Crippen molar-refractivity contribution in [1.82, 2.24) is 5.32 Å². The van der Waals surface area contributed by atoms with E-state index in [0.29, 0.717) is 28.4 Å². The molecule has 160 valence electrons. The number of hydrogen-bond acceptors (Lipinski definition) is 5. The minimum absolute atomic E-state index is 0.125.